The van der Waals surface area contributed by atoms with Gasteiger partial charge in [-0.05, 0) is 29.8 Å². The van der Waals surface area contributed by atoms with Crippen LogP contribution in [0.25, 0.3) is 0 Å². The highest BCUT2D eigenvalue weighted by atomic mass is 35.5. The van der Waals surface area contributed by atoms with E-state index in [4.69, 9.17) is 40.2 Å². The minimum atomic E-state index is -4.17. The van der Waals surface area contributed by atoms with E-state index in [-0.39, 0.29) is 45.5 Å². The van der Waals surface area contributed by atoms with Crippen molar-refractivity contribution >= 4 is 50.5 Å². The molecule has 0 spiro atoms. The lowest BCUT2D eigenvalue weighted by Gasteiger charge is -2.42. The highest BCUT2D eigenvalue weighted by Gasteiger charge is 2.40. The summed E-state index contributed by atoms with van der Waals surface area (Å²) in [5, 5.41) is 10.4. The van der Waals surface area contributed by atoms with Crippen LogP contribution in [-0.4, -0.2) is 91.5 Å². The van der Waals surface area contributed by atoms with Crippen LogP contribution in [0.2, 0.25) is 5.02 Å². The lowest BCUT2D eigenvalue weighted by atomic mass is 10.2. The van der Waals surface area contributed by atoms with Crippen molar-refractivity contribution in [1.82, 2.24) is 9.95 Å². The van der Waals surface area contributed by atoms with E-state index in [1.165, 1.54) is 31.5 Å². The number of nitrogens with one attached hydrogen (secondary N) is 2. The van der Waals surface area contributed by atoms with Crippen LogP contribution < -0.4 is 23.8 Å². The summed E-state index contributed by atoms with van der Waals surface area (Å²) < 4.78 is 69.6. The van der Waals surface area contributed by atoms with Crippen molar-refractivity contribution in [3.63, 3.8) is 0 Å². The van der Waals surface area contributed by atoms with Crippen LogP contribution in [0.1, 0.15) is 5.56 Å². The molecular weight excluding hydrogens is 596 g/mol. The number of carboxylic acids is 1. The summed E-state index contributed by atoms with van der Waals surface area (Å²) in [7, 11) is 1.93. The first-order chi connectivity index (χ1) is 18.7. The molecule has 0 aliphatic carbocycles. The van der Waals surface area contributed by atoms with Gasteiger partial charge in [0.2, 0.25) is 0 Å². The highest BCUT2D eigenvalue weighted by molar-refractivity contribution is 7.89. The van der Waals surface area contributed by atoms with Crippen LogP contribution in [0.15, 0.2) is 35.2 Å². The number of benzene rings is 2. The van der Waals surface area contributed by atoms with Crippen LogP contribution in [0.4, 0.5) is 5.69 Å². The molecule has 1 heterocycles. The zero-order chi connectivity index (χ0) is 29.8. The molecule has 0 bridgehead atoms. The highest BCUT2D eigenvalue weighted by Crippen LogP contribution is 2.34. The molecule has 15 nitrogen and oxygen atoms in total. The number of ether oxygens (including phenoxy) is 4. The van der Waals surface area contributed by atoms with Gasteiger partial charge in [0.25, 0.3) is 21.3 Å². The molecule has 0 radical (unpaired) electrons. The van der Waals surface area contributed by atoms with Crippen molar-refractivity contribution in [1.29, 1.82) is 0 Å². The predicted octanol–water partition coefficient (Wildman–Crippen LogP) is 0.982. The number of methoxy groups -OCH3 is 2. The smallest absolute Gasteiger partial charge is 0.417 e. The number of sulfonamides is 1. The predicted molar refractivity (Wildman–Crippen MR) is 141 cm³/mol. The summed E-state index contributed by atoms with van der Waals surface area (Å²) in [5.41, 5.74) is 0.228. The lowest BCUT2D eigenvalue weighted by Crippen LogP contribution is -2.65. The number of esters is 1. The van der Waals surface area contributed by atoms with Gasteiger partial charge in [0.05, 0.1) is 50.5 Å². The molecule has 4 N–H and O–H groups in total. The first-order valence-electron chi connectivity index (χ1n) is 11.3. The molecule has 3 rings (SSSR count). The van der Waals surface area contributed by atoms with E-state index in [1.807, 2.05) is 0 Å². The van der Waals surface area contributed by atoms with Crippen LogP contribution in [0.3, 0.4) is 0 Å². The molecule has 0 saturated heterocycles. The normalized spacial score (nSPS) is 16.2. The van der Waals surface area contributed by atoms with Gasteiger partial charge in [-0.1, -0.05) is 21.5 Å². The van der Waals surface area contributed by atoms with E-state index < -0.39 is 39.3 Å². The second kappa shape index (κ2) is 12.5. The molecule has 2 unspecified atom stereocenters. The number of carboxylic acid groups (broad SMARTS) is 1. The van der Waals surface area contributed by atoms with Gasteiger partial charge in [-0.2, -0.15) is 0 Å². The van der Waals surface area contributed by atoms with E-state index >= 15 is 0 Å². The number of carbonyl (C=O) groups is 2. The van der Waals surface area contributed by atoms with Gasteiger partial charge in [0.15, 0.2) is 17.6 Å². The molecule has 18 heteroatoms. The van der Waals surface area contributed by atoms with Crippen LogP contribution >= 0.6 is 11.6 Å². The third-order valence-electron chi connectivity index (χ3n) is 5.73. The topological polar surface area (TPSA) is 190 Å². The first kappa shape index (κ1) is 31.3. The number of likely N-dealkylation sites (N-methyl/N-ethyl adjacent to an activating group) is 1. The summed E-state index contributed by atoms with van der Waals surface area (Å²) in [5.74, 6) is -2.18. The number of rotatable bonds is 11. The van der Waals surface area contributed by atoms with Crippen LogP contribution in [0, 0.1) is 0 Å². The lowest BCUT2D eigenvalue weighted by molar-refractivity contribution is -1.01. The SMILES string of the molecule is COc1ccc(OCC(C[N+](C)(C)N2Cc3cc(Cl)c(NS(=O)O)cc3S(=O)(=O)N2)OC(=O)C(=O)O)cc1OC. The van der Waals surface area contributed by atoms with Crippen molar-refractivity contribution in [2.75, 3.05) is 46.2 Å². The zero-order valence-electron chi connectivity index (χ0n) is 21.7. The molecule has 40 heavy (non-hydrogen) atoms. The molecule has 0 saturated carbocycles. The standard InChI is InChI=1S/C22H27ClN4O11S2/c1-27(2,26-10-13-7-16(23)17(24-39(31)32)9-20(13)40(33,34)25-26)11-15(38-22(30)21(28)29)12-37-14-5-6-18(35-3)19(8-14)36-4/h5-9,15,24-25H,10-12H2,1-4H3,(H-,28,29,31,32)/p+1. The molecule has 2 aromatic carbocycles. The fourth-order valence-electron chi connectivity index (χ4n) is 3.84. The number of halogens is 1. The second-order valence-corrected chi connectivity index (χ2v) is 11.6. The number of hydrogen-bond donors (Lipinski definition) is 4. The van der Waals surface area contributed by atoms with Gasteiger partial charge in [-0.3, -0.25) is 9.27 Å². The Balaban J connectivity index is 1.84. The number of hydrogen-bond acceptors (Lipinski definition) is 10. The van der Waals surface area contributed by atoms with E-state index in [1.54, 1.807) is 26.2 Å². The molecule has 0 amide bonds. The first-order valence-corrected chi connectivity index (χ1v) is 14.3. The average molecular weight is 624 g/mol. The number of quaternary nitrogens is 1. The number of anilines is 1. The number of nitrogens with zero attached hydrogens (tertiary/aromatic N) is 2. The Kier molecular flexibility index (Phi) is 9.83. The minimum Gasteiger partial charge on any atom is -0.493 e. The van der Waals surface area contributed by atoms with E-state index in [2.05, 4.69) is 9.55 Å². The Labute approximate surface area is 237 Å². The van der Waals surface area contributed by atoms with Crippen LogP contribution in [-0.2, 0) is 42.2 Å². The van der Waals surface area contributed by atoms with Crippen molar-refractivity contribution in [3.05, 3.63) is 40.9 Å². The Morgan fingerprint density at radius 3 is 2.48 bits per heavy atom. The maximum atomic E-state index is 13.1. The molecule has 2 atom stereocenters. The second-order valence-electron chi connectivity index (χ2n) is 8.91. The van der Waals surface area contributed by atoms with Gasteiger partial charge in [0, 0.05) is 6.07 Å². The average Bonchev–Trinajstić information content (AvgIpc) is 2.86. The fourth-order valence-corrected chi connectivity index (χ4v) is 5.89. The molecule has 0 fully saturated rings. The third-order valence-corrected chi connectivity index (χ3v) is 7.84. The summed E-state index contributed by atoms with van der Waals surface area (Å²) >= 11 is 3.70. The van der Waals surface area contributed by atoms with Gasteiger partial charge in [0.1, 0.15) is 18.9 Å². The van der Waals surface area contributed by atoms with Gasteiger partial charge < -0.3 is 24.1 Å². The number of hydrazine groups is 1. The number of fused-ring (bicyclic) bond motifs is 1. The summed E-state index contributed by atoms with van der Waals surface area (Å²) in [6, 6.07) is 7.19. The maximum absolute atomic E-state index is 13.1. The molecule has 1 aliphatic rings. The summed E-state index contributed by atoms with van der Waals surface area (Å²) in [6.07, 6.45) is -1.15. The number of carbonyl (C=O) groups excluding carboxylic acids is 1. The summed E-state index contributed by atoms with van der Waals surface area (Å²) in [6.45, 7) is -0.423. The Hall–Kier alpha value is -3.19. The molecule has 0 aromatic heterocycles. The Morgan fingerprint density at radius 1 is 1.20 bits per heavy atom. The van der Waals surface area contributed by atoms with Crippen LogP contribution in [0.5, 0.6) is 17.2 Å². The molecule has 1 aliphatic heterocycles. The van der Waals surface area contributed by atoms with E-state index in [9.17, 15) is 22.2 Å². The maximum Gasteiger partial charge on any atom is 0.417 e. The quantitative estimate of drug-likeness (QED) is 0.120. The van der Waals surface area contributed by atoms with Gasteiger partial charge in [-0.15, -0.1) is 0 Å². The third kappa shape index (κ3) is 7.51. The molecule has 2 aromatic rings. The Morgan fingerprint density at radius 2 is 1.88 bits per heavy atom. The van der Waals surface area contributed by atoms with E-state index in [0.717, 1.165) is 6.07 Å². The van der Waals surface area contributed by atoms with E-state index in [0.29, 0.717) is 17.2 Å². The van der Waals surface area contributed by atoms with Crippen molar-refractivity contribution < 1.29 is 55.4 Å². The minimum absolute atomic E-state index is 0.0140. The van der Waals surface area contributed by atoms with Crippen molar-refractivity contribution in [3.8, 4) is 17.2 Å². The fraction of sp³-hybridized carbons (Fsp3) is 0.364. The zero-order valence-corrected chi connectivity index (χ0v) is 24.1. The van der Waals surface area contributed by atoms with Gasteiger partial charge in [-0.25, -0.2) is 26.8 Å². The van der Waals surface area contributed by atoms with Crippen molar-refractivity contribution in [2.45, 2.75) is 17.5 Å². The van der Waals surface area contributed by atoms with Crippen molar-refractivity contribution in [2.24, 2.45) is 0 Å². The summed E-state index contributed by atoms with van der Waals surface area (Å²) in [4.78, 5) is 25.3. The largest absolute Gasteiger partial charge is 0.493 e. The monoisotopic (exact) mass is 623 g/mol. The molecule has 220 valence electrons. The van der Waals surface area contributed by atoms with Gasteiger partial charge >= 0.3 is 11.9 Å². The Bertz CT molecular complexity index is 1420. The molecular formula is C22H28ClN4O11S2+. The number of aliphatic carboxylic acids is 1.